The summed E-state index contributed by atoms with van der Waals surface area (Å²) in [5.74, 6) is -2.33. The number of carbonyl (C=O) groups excluding carboxylic acids is 3. The van der Waals surface area contributed by atoms with Gasteiger partial charge < -0.3 is 9.84 Å². The van der Waals surface area contributed by atoms with Crippen molar-refractivity contribution in [1.82, 2.24) is 0 Å². The first-order valence-corrected chi connectivity index (χ1v) is 5.06. The topological polar surface area (TPSA) is 80.7 Å². The SMILES string of the molecule is CCOC(=O)C(=O)CC(=O)c1ccc(O)cc1. The fourth-order valence-corrected chi connectivity index (χ4v) is 1.18. The third-order valence-corrected chi connectivity index (χ3v) is 2.01. The number of hydrogen-bond acceptors (Lipinski definition) is 5. The Kier molecular flexibility index (Phi) is 4.39. The van der Waals surface area contributed by atoms with Gasteiger partial charge in [-0.2, -0.15) is 0 Å². The maximum atomic E-state index is 11.6. The largest absolute Gasteiger partial charge is 0.508 e. The van der Waals surface area contributed by atoms with Crippen molar-refractivity contribution in [3.8, 4) is 5.75 Å². The molecule has 0 heterocycles. The van der Waals surface area contributed by atoms with Crippen molar-refractivity contribution in [3.05, 3.63) is 29.8 Å². The molecule has 0 aromatic heterocycles. The van der Waals surface area contributed by atoms with E-state index in [1.54, 1.807) is 6.92 Å². The minimum absolute atomic E-state index is 0.0262. The predicted octanol–water partition coefficient (Wildman–Crippen LogP) is 1.10. The van der Waals surface area contributed by atoms with E-state index in [2.05, 4.69) is 4.74 Å². The summed E-state index contributed by atoms with van der Waals surface area (Å²) in [6, 6.07) is 5.44. The molecule has 17 heavy (non-hydrogen) atoms. The average Bonchev–Trinajstić information content (AvgIpc) is 2.30. The Morgan fingerprint density at radius 2 is 1.76 bits per heavy atom. The molecule has 1 aromatic carbocycles. The lowest BCUT2D eigenvalue weighted by molar-refractivity contribution is -0.153. The highest BCUT2D eigenvalue weighted by molar-refractivity contribution is 6.38. The monoisotopic (exact) mass is 236 g/mol. The van der Waals surface area contributed by atoms with E-state index in [-0.39, 0.29) is 17.9 Å². The molecule has 1 rings (SSSR count). The molecule has 90 valence electrons. The number of carbonyl (C=O) groups is 3. The fraction of sp³-hybridized carbons (Fsp3) is 0.250. The molecular formula is C12H12O5. The second-order valence-corrected chi connectivity index (χ2v) is 3.29. The van der Waals surface area contributed by atoms with Gasteiger partial charge in [0, 0.05) is 5.56 Å². The lowest BCUT2D eigenvalue weighted by Crippen LogP contribution is -2.20. The second kappa shape index (κ2) is 5.79. The van der Waals surface area contributed by atoms with Crippen molar-refractivity contribution >= 4 is 17.5 Å². The molecule has 0 atom stereocenters. The molecule has 0 bridgehead atoms. The highest BCUT2D eigenvalue weighted by Gasteiger charge is 2.19. The van der Waals surface area contributed by atoms with E-state index in [0.717, 1.165) is 0 Å². The number of ether oxygens (including phenoxy) is 1. The minimum Gasteiger partial charge on any atom is -0.508 e. The summed E-state index contributed by atoms with van der Waals surface area (Å²) in [7, 11) is 0. The van der Waals surface area contributed by atoms with Gasteiger partial charge in [-0.15, -0.1) is 0 Å². The normalized spacial score (nSPS) is 9.71. The van der Waals surface area contributed by atoms with Crippen LogP contribution < -0.4 is 0 Å². The quantitative estimate of drug-likeness (QED) is 0.358. The van der Waals surface area contributed by atoms with E-state index in [1.807, 2.05) is 0 Å². The molecule has 0 fully saturated rings. The zero-order valence-corrected chi connectivity index (χ0v) is 9.30. The smallest absolute Gasteiger partial charge is 0.375 e. The van der Waals surface area contributed by atoms with Crippen LogP contribution in [0.25, 0.3) is 0 Å². The summed E-state index contributed by atoms with van der Waals surface area (Å²) in [6.07, 6.45) is -0.524. The summed E-state index contributed by atoms with van der Waals surface area (Å²) >= 11 is 0. The number of aromatic hydroxyl groups is 1. The number of ketones is 2. The van der Waals surface area contributed by atoms with Crippen LogP contribution in [0.15, 0.2) is 24.3 Å². The van der Waals surface area contributed by atoms with Gasteiger partial charge in [-0.1, -0.05) is 0 Å². The first kappa shape index (κ1) is 12.9. The molecule has 1 N–H and O–H groups in total. The van der Waals surface area contributed by atoms with E-state index in [1.165, 1.54) is 24.3 Å². The van der Waals surface area contributed by atoms with Crippen molar-refractivity contribution in [3.63, 3.8) is 0 Å². The van der Waals surface area contributed by atoms with Crippen LogP contribution in [0.1, 0.15) is 23.7 Å². The van der Waals surface area contributed by atoms with Crippen LogP contribution in [-0.2, 0) is 14.3 Å². The first-order chi connectivity index (χ1) is 8.04. The van der Waals surface area contributed by atoms with Gasteiger partial charge in [0.15, 0.2) is 5.78 Å². The van der Waals surface area contributed by atoms with Gasteiger partial charge in [-0.3, -0.25) is 9.59 Å². The highest BCUT2D eigenvalue weighted by atomic mass is 16.5. The molecular weight excluding hydrogens is 224 g/mol. The molecule has 5 heteroatoms. The average molecular weight is 236 g/mol. The Bertz CT molecular complexity index is 433. The molecule has 0 radical (unpaired) electrons. The Morgan fingerprint density at radius 3 is 2.29 bits per heavy atom. The van der Waals surface area contributed by atoms with Crippen LogP contribution in [-0.4, -0.2) is 29.2 Å². The zero-order valence-electron chi connectivity index (χ0n) is 9.30. The third-order valence-electron chi connectivity index (χ3n) is 2.01. The van der Waals surface area contributed by atoms with Crippen LogP contribution in [0.2, 0.25) is 0 Å². The Hall–Kier alpha value is -2.17. The minimum atomic E-state index is -1.00. The van der Waals surface area contributed by atoms with Gasteiger partial charge in [0.1, 0.15) is 5.75 Å². The number of Topliss-reactive ketones (excluding diaryl/α,β-unsaturated/α-hetero) is 2. The van der Waals surface area contributed by atoms with E-state index >= 15 is 0 Å². The predicted molar refractivity (Wildman–Crippen MR) is 58.7 cm³/mol. The molecule has 0 aliphatic carbocycles. The van der Waals surface area contributed by atoms with Crippen LogP contribution >= 0.6 is 0 Å². The van der Waals surface area contributed by atoms with E-state index in [4.69, 9.17) is 5.11 Å². The molecule has 0 amide bonds. The van der Waals surface area contributed by atoms with Crippen molar-refractivity contribution in [2.24, 2.45) is 0 Å². The summed E-state index contributed by atoms with van der Waals surface area (Å²) in [5.41, 5.74) is 0.264. The molecule has 0 aliphatic rings. The van der Waals surface area contributed by atoms with Crippen LogP contribution in [0.5, 0.6) is 5.75 Å². The van der Waals surface area contributed by atoms with Gasteiger partial charge in [0.25, 0.3) is 0 Å². The van der Waals surface area contributed by atoms with Crippen LogP contribution in [0.4, 0.5) is 0 Å². The van der Waals surface area contributed by atoms with E-state index in [0.29, 0.717) is 0 Å². The molecule has 1 aromatic rings. The summed E-state index contributed by atoms with van der Waals surface area (Å²) in [4.78, 5) is 33.8. The summed E-state index contributed by atoms with van der Waals surface area (Å²) in [5, 5.41) is 9.03. The first-order valence-electron chi connectivity index (χ1n) is 5.06. The number of phenolic OH excluding ortho intramolecular Hbond substituents is 1. The number of benzene rings is 1. The second-order valence-electron chi connectivity index (χ2n) is 3.29. The highest BCUT2D eigenvalue weighted by Crippen LogP contribution is 2.11. The number of esters is 1. The number of phenols is 1. The van der Waals surface area contributed by atoms with E-state index < -0.39 is 24.0 Å². The maximum Gasteiger partial charge on any atom is 0.375 e. The maximum absolute atomic E-state index is 11.6. The molecule has 5 nitrogen and oxygen atoms in total. The molecule has 0 aliphatic heterocycles. The van der Waals surface area contributed by atoms with Crippen molar-refractivity contribution in [2.75, 3.05) is 6.61 Å². The molecule has 0 saturated carbocycles. The lowest BCUT2D eigenvalue weighted by Gasteiger charge is -2.01. The molecule has 0 saturated heterocycles. The Balaban J connectivity index is 2.63. The zero-order chi connectivity index (χ0) is 12.8. The van der Waals surface area contributed by atoms with Crippen molar-refractivity contribution < 1.29 is 24.2 Å². The van der Waals surface area contributed by atoms with Gasteiger partial charge in [-0.05, 0) is 31.2 Å². The lowest BCUT2D eigenvalue weighted by atomic mass is 10.1. The van der Waals surface area contributed by atoms with Gasteiger partial charge in [-0.25, -0.2) is 4.79 Å². The van der Waals surface area contributed by atoms with Gasteiger partial charge in [0.2, 0.25) is 5.78 Å². The molecule has 0 spiro atoms. The summed E-state index contributed by atoms with van der Waals surface area (Å²) in [6.45, 7) is 1.67. The third kappa shape index (κ3) is 3.71. The number of hydrogen-bond donors (Lipinski definition) is 1. The molecule has 0 unspecified atom stereocenters. The van der Waals surface area contributed by atoms with Crippen molar-refractivity contribution in [2.45, 2.75) is 13.3 Å². The van der Waals surface area contributed by atoms with Gasteiger partial charge >= 0.3 is 5.97 Å². The Morgan fingerprint density at radius 1 is 1.18 bits per heavy atom. The summed E-state index contributed by atoms with van der Waals surface area (Å²) < 4.78 is 4.48. The number of rotatable bonds is 5. The van der Waals surface area contributed by atoms with Crippen LogP contribution in [0, 0.1) is 0 Å². The van der Waals surface area contributed by atoms with Crippen molar-refractivity contribution in [1.29, 1.82) is 0 Å². The van der Waals surface area contributed by atoms with Crippen LogP contribution in [0.3, 0.4) is 0 Å². The fourth-order valence-electron chi connectivity index (χ4n) is 1.18. The van der Waals surface area contributed by atoms with Gasteiger partial charge in [0.05, 0.1) is 13.0 Å². The van der Waals surface area contributed by atoms with E-state index in [9.17, 15) is 14.4 Å². The standard InChI is InChI=1S/C12H12O5/c1-2-17-12(16)11(15)7-10(14)8-3-5-9(13)6-4-8/h3-6,13H,2,7H2,1H3. The Labute approximate surface area is 98.0 Å².